The molecule has 172 valence electrons. The third-order valence-electron chi connectivity index (χ3n) is 6.16. The van der Waals surface area contributed by atoms with E-state index in [-0.39, 0.29) is 17.8 Å². The average molecular weight is 466 g/mol. The fourth-order valence-corrected chi connectivity index (χ4v) is 4.92. The molecule has 2 unspecified atom stereocenters. The van der Waals surface area contributed by atoms with Crippen LogP contribution in [0.3, 0.4) is 0 Å². The number of ether oxygens (including phenoxy) is 2. The number of carbonyl (C=O) groups is 2. The molecule has 0 spiro atoms. The van der Waals surface area contributed by atoms with Crippen LogP contribution in [0.1, 0.15) is 56.6 Å². The van der Waals surface area contributed by atoms with E-state index in [1.807, 2.05) is 63.2 Å². The predicted octanol–water partition coefficient (Wildman–Crippen LogP) is 5.66. The van der Waals surface area contributed by atoms with Gasteiger partial charge in [-0.25, -0.2) is 4.79 Å². The molecule has 0 saturated carbocycles. The summed E-state index contributed by atoms with van der Waals surface area (Å²) in [5.41, 5.74) is 4.54. The van der Waals surface area contributed by atoms with Crippen LogP contribution in [-0.4, -0.2) is 25.0 Å². The lowest BCUT2D eigenvalue weighted by Crippen LogP contribution is -2.36. The van der Waals surface area contributed by atoms with E-state index in [0.29, 0.717) is 34.7 Å². The number of rotatable bonds is 5. The summed E-state index contributed by atoms with van der Waals surface area (Å²) in [6.07, 6.45) is 0.777. The van der Waals surface area contributed by atoms with Crippen LogP contribution in [0.25, 0.3) is 0 Å². The molecule has 0 fully saturated rings. The Morgan fingerprint density at radius 2 is 1.82 bits per heavy atom. The van der Waals surface area contributed by atoms with Crippen LogP contribution in [0.5, 0.6) is 5.75 Å². The van der Waals surface area contributed by atoms with Crippen molar-refractivity contribution in [3.8, 4) is 5.75 Å². The van der Waals surface area contributed by atoms with Crippen molar-refractivity contribution in [2.75, 3.05) is 7.11 Å². The van der Waals surface area contributed by atoms with E-state index in [4.69, 9.17) is 21.1 Å². The number of Topliss-reactive ketones (excluding diaryl/α,β-unsaturated/α-hetero) is 1. The Hall–Kier alpha value is -3.05. The van der Waals surface area contributed by atoms with E-state index in [2.05, 4.69) is 5.32 Å². The molecular formula is C27H28ClNO4. The number of allylic oxidation sites excluding steroid dienone is 3. The SMILES string of the molecule is COc1ccc(C2CC(=O)C3=C(C2)NC(C)=C(C(=O)OC(C)C)C3c2cccc(Cl)c2)cc1. The molecule has 0 amide bonds. The molecular weight excluding hydrogens is 438 g/mol. The molecule has 1 N–H and O–H groups in total. The largest absolute Gasteiger partial charge is 0.497 e. The van der Waals surface area contributed by atoms with E-state index in [1.54, 1.807) is 13.2 Å². The van der Waals surface area contributed by atoms with Gasteiger partial charge in [-0.3, -0.25) is 4.79 Å². The second-order valence-corrected chi connectivity index (χ2v) is 9.24. The molecule has 2 aliphatic rings. The average Bonchev–Trinajstić information content (AvgIpc) is 2.77. The molecule has 2 aromatic rings. The van der Waals surface area contributed by atoms with Gasteiger partial charge in [0.15, 0.2) is 5.78 Å². The third-order valence-corrected chi connectivity index (χ3v) is 6.39. The number of methoxy groups -OCH3 is 1. The molecule has 1 heterocycles. The zero-order chi connectivity index (χ0) is 23.7. The van der Waals surface area contributed by atoms with Crippen LogP contribution >= 0.6 is 11.6 Å². The van der Waals surface area contributed by atoms with Gasteiger partial charge in [-0.15, -0.1) is 0 Å². The number of hydrogen-bond acceptors (Lipinski definition) is 5. The molecule has 2 aromatic carbocycles. The maximum Gasteiger partial charge on any atom is 0.337 e. The zero-order valence-corrected chi connectivity index (χ0v) is 20.0. The van der Waals surface area contributed by atoms with E-state index < -0.39 is 11.9 Å². The monoisotopic (exact) mass is 465 g/mol. The number of nitrogens with one attached hydrogen (secondary N) is 1. The number of carbonyl (C=O) groups excluding carboxylic acids is 2. The second kappa shape index (κ2) is 9.44. The Balaban J connectivity index is 1.77. The van der Waals surface area contributed by atoms with E-state index in [9.17, 15) is 9.59 Å². The normalized spacial score (nSPS) is 20.5. The van der Waals surface area contributed by atoms with Gasteiger partial charge in [0.1, 0.15) is 5.75 Å². The van der Waals surface area contributed by atoms with Crippen molar-refractivity contribution in [1.29, 1.82) is 0 Å². The maximum atomic E-state index is 13.6. The fourth-order valence-electron chi connectivity index (χ4n) is 4.72. The Labute approximate surface area is 199 Å². The standard InChI is InChI=1S/C27H28ClNO4/c1-15(2)33-27(31)24-16(3)29-22-13-19(17-8-10-21(32-4)11-9-17)14-23(30)26(22)25(24)18-6-5-7-20(28)12-18/h5-12,15,19,25,29H,13-14H2,1-4H3. The number of ketones is 1. The maximum absolute atomic E-state index is 13.6. The Morgan fingerprint density at radius 3 is 2.45 bits per heavy atom. The molecule has 0 aromatic heterocycles. The first-order chi connectivity index (χ1) is 15.8. The molecule has 33 heavy (non-hydrogen) atoms. The molecule has 0 radical (unpaired) electrons. The van der Waals surface area contributed by atoms with Crippen molar-refractivity contribution in [2.45, 2.75) is 51.6 Å². The minimum absolute atomic E-state index is 0.0249. The fraction of sp³-hybridized carbons (Fsp3) is 0.333. The van der Waals surface area contributed by atoms with Gasteiger partial charge in [-0.1, -0.05) is 35.9 Å². The Kier molecular flexibility index (Phi) is 6.61. The highest BCUT2D eigenvalue weighted by Crippen LogP contribution is 2.46. The van der Waals surface area contributed by atoms with Gasteiger partial charge in [-0.2, -0.15) is 0 Å². The molecule has 1 aliphatic carbocycles. The van der Waals surface area contributed by atoms with Crippen LogP contribution < -0.4 is 10.1 Å². The summed E-state index contributed by atoms with van der Waals surface area (Å²) in [4.78, 5) is 26.7. The van der Waals surface area contributed by atoms with Gasteiger partial charge in [0, 0.05) is 34.3 Å². The highest BCUT2D eigenvalue weighted by Gasteiger charge is 2.41. The van der Waals surface area contributed by atoms with Gasteiger partial charge < -0.3 is 14.8 Å². The number of dihydropyridines is 1. The first-order valence-electron chi connectivity index (χ1n) is 11.1. The molecule has 4 rings (SSSR count). The van der Waals surface area contributed by atoms with Crippen LogP contribution in [0.4, 0.5) is 0 Å². The molecule has 6 heteroatoms. The smallest absolute Gasteiger partial charge is 0.337 e. The van der Waals surface area contributed by atoms with E-state index in [0.717, 1.165) is 22.6 Å². The highest BCUT2D eigenvalue weighted by atomic mass is 35.5. The number of halogens is 1. The van der Waals surface area contributed by atoms with Crippen molar-refractivity contribution >= 4 is 23.4 Å². The number of benzene rings is 2. The summed E-state index contributed by atoms with van der Waals surface area (Å²) in [6, 6.07) is 15.2. The van der Waals surface area contributed by atoms with Crippen molar-refractivity contribution in [2.24, 2.45) is 0 Å². The van der Waals surface area contributed by atoms with Gasteiger partial charge in [0.25, 0.3) is 0 Å². The van der Waals surface area contributed by atoms with E-state index in [1.165, 1.54) is 0 Å². The summed E-state index contributed by atoms with van der Waals surface area (Å²) in [6.45, 7) is 5.49. The highest BCUT2D eigenvalue weighted by molar-refractivity contribution is 6.30. The summed E-state index contributed by atoms with van der Waals surface area (Å²) in [5.74, 6) is -0.0830. The minimum Gasteiger partial charge on any atom is -0.497 e. The third kappa shape index (κ3) is 4.69. The first kappa shape index (κ1) is 23.1. The van der Waals surface area contributed by atoms with Gasteiger partial charge in [0.2, 0.25) is 0 Å². The molecule has 2 atom stereocenters. The van der Waals surface area contributed by atoms with Gasteiger partial charge >= 0.3 is 5.97 Å². The van der Waals surface area contributed by atoms with Crippen molar-refractivity contribution in [3.63, 3.8) is 0 Å². The topological polar surface area (TPSA) is 64.6 Å². The number of esters is 1. The number of hydrogen-bond donors (Lipinski definition) is 1. The zero-order valence-electron chi connectivity index (χ0n) is 19.3. The molecule has 0 bridgehead atoms. The summed E-state index contributed by atoms with van der Waals surface area (Å²) >= 11 is 6.29. The van der Waals surface area contributed by atoms with Crippen molar-refractivity contribution in [1.82, 2.24) is 5.32 Å². The molecule has 5 nitrogen and oxygen atoms in total. The predicted molar refractivity (Wildman–Crippen MR) is 128 cm³/mol. The lowest BCUT2D eigenvalue weighted by Gasteiger charge is -2.37. The van der Waals surface area contributed by atoms with Crippen LogP contribution in [-0.2, 0) is 14.3 Å². The van der Waals surface area contributed by atoms with E-state index >= 15 is 0 Å². The van der Waals surface area contributed by atoms with Crippen LogP contribution in [0.15, 0.2) is 71.1 Å². The van der Waals surface area contributed by atoms with Gasteiger partial charge in [0.05, 0.1) is 18.8 Å². The second-order valence-electron chi connectivity index (χ2n) is 8.80. The Bertz CT molecular complexity index is 1150. The summed E-state index contributed by atoms with van der Waals surface area (Å²) in [5, 5.41) is 3.93. The lowest BCUT2D eigenvalue weighted by atomic mass is 9.71. The summed E-state index contributed by atoms with van der Waals surface area (Å²) < 4.78 is 10.8. The quantitative estimate of drug-likeness (QED) is 0.577. The minimum atomic E-state index is -0.518. The van der Waals surface area contributed by atoms with Crippen LogP contribution in [0, 0.1) is 0 Å². The van der Waals surface area contributed by atoms with Gasteiger partial charge in [-0.05, 0) is 68.5 Å². The Morgan fingerprint density at radius 1 is 1.09 bits per heavy atom. The van der Waals surface area contributed by atoms with Crippen molar-refractivity contribution in [3.05, 3.63) is 87.2 Å². The molecule has 1 aliphatic heterocycles. The van der Waals surface area contributed by atoms with Crippen LogP contribution in [0.2, 0.25) is 5.02 Å². The lowest BCUT2D eigenvalue weighted by molar-refractivity contribution is -0.143. The summed E-state index contributed by atoms with van der Waals surface area (Å²) in [7, 11) is 1.63. The first-order valence-corrected chi connectivity index (χ1v) is 11.5. The molecule has 0 saturated heterocycles. The van der Waals surface area contributed by atoms with Crippen molar-refractivity contribution < 1.29 is 19.1 Å².